The number of aromatic nitrogens is 1. The first-order valence-corrected chi connectivity index (χ1v) is 4.60. The molecule has 0 saturated carbocycles. The highest BCUT2D eigenvalue weighted by atomic mass is 16.1. The quantitative estimate of drug-likeness (QED) is 0.546. The molecule has 0 aliphatic carbocycles. The van der Waals surface area contributed by atoms with Crippen LogP contribution in [0, 0.1) is 0 Å². The first kappa shape index (κ1) is 8.96. The van der Waals surface area contributed by atoms with E-state index in [-0.39, 0.29) is 5.91 Å². The van der Waals surface area contributed by atoms with Crippen molar-refractivity contribution >= 4 is 11.7 Å². The molecular weight excluding hydrogens is 180 g/mol. The van der Waals surface area contributed by atoms with E-state index in [1.165, 1.54) is 0 Å². The predicted octanol–water partition coefficient (Wildman–Crippen LogP) is 0.132. The zero-order chi connectivity index (χ0) is 9.80. The Morgan fingerprint density at radius 1 is 1.36 bits per heavy atom. The van der Waals surface area contributed by atoms with E-state index >= 15 is 0 Å². The number of rotatable bonds is 0. The average Bonchev–Trinajstić information content (AvgIpc) is 2.30. The monoisotopic (exact) mass is 192 g/mol. The molecule has 0 spiro atoms. The van der Waals surface area contributed by atoms with Gasteiger partial charge in [0.25, 0.3) is 5.91 Å². The van der Waals surface area contributed by atoms with Crippen LogP contribution < -0.4 is 16.2 Å². The fourth-order valence-corrected chi connectivity index (χ4v) is 1.31. The van der Waals surface area contributed by atoms with Gasteiger partial charge in [0, 0.05) is 19.3 Å². The number of nitrogens with zero attached hydrogens (tertiary/aromatic N) is 1. The van der Waals surface area contributed by atoms with Crippen LogP contribution in [0.3, 0.4) is 0 Å². The van der Waals surface area contributed by atoms with Crippen molar-refractivity contribution in [3.05, 3.63) is 23.9 Å². The van der Waals surface area contributed by atoms with Gasteiger partial charge in [0.1, 0.15) is 0 Å². The standard InChI is InChI=1S/C9H12N4O/c14-9-7-3-1-4-10-8(7)13-12-6-2-5-11-9/h1,3-4,12H,2,5-6H2,(H,10,13)(H,11,14). The molecule has 3 N–H and O–H groups in total. The van der Waals surface area contributed by atoms with E-state index in [0.29, 0.717) is 17.9 Å². The van der Waals surface area contributed by atoms with Crippen LogP contribution in [0.1, 0.15) is 16.8 Å². The lowest BCUT2D eigenvalue weighted by Crippen LogP contribution is -2.25. The maximum atomic E-state index is 11.6. The minimum absolute atomic E-state index is 0.0794. The first-order valence-electron chi connectivity index (χ1n) is 4.60. The lowest BCUT2D eigenvalue weighted by molar-refractivity contribution is 0.0954. The van der Waals surface area contributed by atoms with E-state index in [1.807, 2.05) is 0 Å². The van der Waals surface area contributed by atoms with Crippen LogP contribution in [0.5, 0.6) is 0 Å². The van der Waals surface area contributed by atoms with E-state index in [4.69, 9.17) is 0 Å². The Kier molecular flexibility index (Phi) is 2.60. The summed E-state index contributed by atoms with van der Waals surface area (Å²) in [7, 11) is 0. The number of carbonyl (C=O) groups excluding carboxylic acids is 1. The molecule has 1 aromatic heterocycles. The molecule has 0 fully saturated rings. The summed E-state index contributed by atoms with van der Waals surface area (Å²) < 4.78 is 0. The number of anilines is 1. The second-order valence-corrected chi connectivity index (χ2v) is 3.06. The summed E-state index contributed by atoms with van der Waals surface area (Å²) in [5, 5.41) is 2.82. The molecular formula is C9H12N4O. The summed E-state index contributed by atoms with van der Waals surface area (Å²) in [6.45, 7) is 1.48. The maximum absolute atomic E-state index is 11.6. The zero-order valence-electron chi connectivity index (χ0n) is 7.71. The third-order valence-electron chi connectivity index (χ3n) is 2.02. The van der Waals surface area contributed by atoms with Gasteiger partial charge in [-0.2, -0.15) is 0 Å². The number of nitrogens with one attached hydrogen (secondary N) is 3. The number of hydrogen-bond acceptors (Lipinski definition) is 4. The second-order valence-electron chi connectivity index (χ2n) is 3.06. The fraction of sp³-hybridized carbons (Fsp3) is 0.333. The van der Waals surface area contributed by atoms with Gasteiger partial charge >= 0.3 is 0 Å². The van der Waals surface area contributed by atoms with Crippen molar-refractivity contribution in [1.29, 1.82) is 0 Å². The zero-order valence-corrected chi connectivity index (χ0v) is 7.71. The Hall–Kier alpha value is -1.62. The highest BCUT2D eigenvalue weighted by molar-refractivity contribution is 5.98. The molecule has 2 rings (SSSR count). The molecule has 0 saturated heterocycles. The predicted molar refractivity (Wildman–Crippen MR) is 52.8 cm³/mol. The number of fused-ring (bicyclic) bond motifs is 1. The lowest BCUT2D eigenvalue weighted by atomic mass is 10.2. The van der Waals surface area contributed by atoms with Crippen molar-refractivity contribution in [3.8, 4) is 0 Å². The summed E-state index contributed by atoms with van der Waals surface area (Å²) >= 11 is 0. The molecule has 1 aromatic rings. The molecule has 0 bridgehead atoms. The molecule has 0 unspecified atom stereocenters. The molecule has 1 aliphatic heterocycles. The highest BCUT2D eigenvalue weighted by Crippen LogP contribution is 2.10. The van der Waals surface area contributed by atoms with Crippen LogP contribution >= 0.6 is 0 Å². The van der Waals surface area contributed by atoms with Gasteiger partial charge in [0.05, 0.1) is 5.56 Å². The molecule has 5 nitrogen and oxygen atoms in total. The van der Waals surface area contributed by atoms with Gasteiger partial charge in [-0.15, -0.1) is 0 Å². The Balaban J connectivity index is 2.30. The largest absolute Gasteiger partial charge is 0.352 e. The van der Waals surface area contributed by atoms with E-state index in [2.05, 4.69) is 21.2 Å². The summed E-state index contributed by atoms with van der Waals surface area (Å²) in [5.41, 5.74) is 6.48. The molecule has 0 atom stereocenters. The summed E-state index contributed by atoms with van der Waals surface area (Å²) in [5.74, 6) is 0.496. The highest BCUT2D eigenvalue weighted by Gasteiger charge is 2.12. The van der Waals surface area contributed by atoms with E-state index in [9.17, 15) is 4.79 Å². The molecule has 1 aliphatic rings. The second kappa shape index (κ2) is 4.06. The topological polar surface area (TPSA) is 66.1 Å². The maximum Gasteiger partial charge on any atom is 0.255 e. The van der Waals surface area contributed by atoms with Crippen LogP contribution in [-0.2, 0) is 0 Å². The van der Waals surface area contributed by atoms with E-state index < -0.39 is 0 Å². The fourth-order valence-electron chi connectivity index (χ4n) is 1.31. The van der Waals surface area contributed by atoms with Crippen molar-refractivity contribution in [3.63, 3.8) is 0 Å². The molecule has 2 heterocycles. The van der Waals surface area contributed by atoms with Gasteiger partial charge in [-0.3, -0.25) is 4.79 Å². The van der Waals surface area contributed by atoms with Crippen molar-refractivity contribution < 1.29 is 4.79 Å². The number of pyridine rings is 1. The number of amides is 1. The summed E-state index contributed by atoms with van der Waals surface area (Å²) in [4.78, 5) is 15.7. The molecule has 0 radical (unpaired) electrons. The van der Waals surface area contributed by atoms with Crippen LogP contribution in [0.25, 0.3) is 0 Å². The number of hydrazine groups is 1. The van der Waals surface area contributed by atoms with Crippen molar-refractivity contribution in [2.75, 3.05) is 18.5 Å². The molecule has 14 heavy (non-hydrogen) atoms. The van der Waals surface area contributed by atoms with Crippen molar-refractivity contribution in [1.82, 2.24) is 15.7 Å². The van der Waals surface area contributed by atoms with Crippen molar-refractivity contribution in [2.45, 2.75) is 6.42 Å². The van der Waals surface area contributed by atoms with Crippen LogP contribution in [0.2, 0.25) is 0 Å². The van der Waals surface area contributed by atoms with Gasteiger partial charge in [0.15, 0.2) is 5.82 Å². The van der Waals surface area contributed by atoms with Crippen LogP contribution in [0.15, 0.2) is 18.3 Å². The van der Waals surface area contributed by atoms with Crippen molar-refractivity contribution in [2.24, 2.45) is 0 Å². The van der Waals surface area contributed by atoms with E-state index in [0.717, 1.165) is 13.0 Å². The molecule has 1 amide bonds. The number of hydrogen-bond donors (Lipinski definition) is 3. The number of carbonyl (C=O) groups is 1. The van der Waals surface area contributed by atoms with Gasteiger partial charge in [-0.25, -0.2) is 10.4 Å². The Bertz CT molecular complexity index is 339. The Morgan fingerprint density at radius 3 is 3.21 bits per heavy atom. The smallest absolute Gasteiger partial charge is 0.255 e. The lowest BCUT2D eigenvalue weighted by Gasteiger charge is -2.07. The first-order chi connectivity index (χ1) is 6.88. The van der Waals surface area contributed by atoms with Gasteiger partial charge < -0.3 is 10.7 Å². The molecule has 74 valence electrons. The van der Waals surface area contributed by atoms with Crippen LogP contribution in [-0.4, -0.2) is 24.0 Å². The third kappa shape index (κ3) is 1.82. The minimum Gasteiger partial charge on any atom is -0.352 e. The minimum atomic E-state index is -0.0794. The molecule has 5 heteroatoms. The summed E-state index contributed by atoms with van der Waals surface area (Å²) in [6.07, 6.45) is 2.55. The SMILES string of the molecule is O=C1NCCCNNc2ncccc21. The Morgan fingerprint density at radius 2 is 2.29 bits per heavy atom. The Labute approximate surface area is 81.9 Å². The van der Waals surface area contributed by atoms with Gasteiger partial charge in [-0.05, 0) is 18.6 Å². The van der Waals surface area contributed by atoms with Gasteiger partial charge in [0.2, 0.25) is 0 Å². The van der Waals surface area contributed by atoms with Crippen LogP contribution in [0.4, 0.5) is 5.82 Å². The molecule has 0 aromatic carbocycles. The third-order valence-corrected chi connectivity index (χ3v) is 2.02. The van der Waals surface area contributed by atoms with Gasteiger partial charge in [-0.1, -0.05) is 0 Å². The average molecular weight is 192 g/mol. The summed E-state index contributed by atoms with van der Waals surface area (Å²) in [6, 6.07) is 3.50. The normalized spacial score (nSPS) is 16.7. The van der Waals surface area contributed by atoms with E-state index in [1.54, 1.807) is 18.3 Å².